The fraction of sp³-hybridized carbons (Fsp3) is 0.346. The van der Waals surface area contributed by atoms with Gasteiger partial charge in [0.15, 0.2) is 0 Å². The molecule has 1 saturated heterocycles. The topological polar surface area (TPSA) is 35.6 Å². The van der Waals surface area contributed by atoms with Crippen LogP contribution in [0.25, 0.3) is 11.1 Å². The highest BCUT2D eigenvalue weighted by atomic mass is 32.1. The lowest BCUT2D eigenvalue weighted by Crippen LogP contribution is -2.46. The van der Waals surface area contributed by atoms with E-state index in [-0.39, 0.29) is 5.91 Å². The Bertz CT molecular complexity index is 1040. The zero-order valence-corrected chi connectivity index (χ0v) is 19.7. The normalized spacial score (nSPS) is 14.9. The van der Waals surface area contributed by atoms with Crippen LogP contribution in [0.1, 0.15) is 28.8 Å². The van der Waals surface area contributed by atoms with Gasteiger partial charge in [-0.05, 0) is 83.7 Å². The maximum absolute atomic E-state index is 12.7. The van der Waals surface area contributed by atoms with Crippen molar-refractivity contribution >= 4 is 22.9 Å². The van der Waals surface area contributed by atoms with Crippen LogP contribution >= 0.6 is 11.3 Å². The minimum atomic E-state index is -4.30. The van der Waals surface area contributed by atoms with Crippen molar-refractivity contribution in [1.82, 2.24) is 10.2 Å². The molecule has 180 valence electrons. The fourth-order valence-electron chi connectivity index (χ4n) is 4.10. The highest BCUT2D eigenvalue weighted by Gasteiger charge is 2.30. The number of thiophene rings is 1. The van der Waals surface area contributed by atoms with E-state index in [0.717, 1.165) is 74.5 Å². The highest BCUT2D eigenvalue weighted by molar-refractivity contribution is 7.08. The predicted molar refractivity (Wildman–Crippen MR) is 131 cm³/mol. The number of rotatable bonds is 8. The van der Waals surface area contributed by atoms with Crippen LogP contribution in [0.5, 0.6) is 0 Å². The van der Waals surface area contributed by atoms with Gasteiger partial charge in [0.1, 0.15) is 0 Å². The van der Waals surface area contributed by atoms with E-state index in [4.69, 9.17) is 0 Å². The summed E-state index contributed by atoms with van der Waals surface area (Å²) in [6.07, 6.45) is -2.42. The summed E-state index contributed by atoms with van der Waals surface area (Å²) >= 11 is 1.65. The molecule has 2 heterocycles. The van der Waals surface area contributed by atoms with Gasteiger partial charge in [-0.2, -0.15) is 24.5 Å². The van der Waals surface area contributed by atoms with Crippen molar-refractivity contribution in [2.45, 2.75) is 19.0 Å². The second kappa shape index (κ2) is 11.1. The first-order chi connectivity index (χ1) is 16.4. The summed E-state index contributed by atoms with van der Waals surface area (Å²) in [5, 5.41) is 7.11. The summed E-state index contributed by atoms with van der Waals surface area (Å²) in [4.78, 5) is 16.9. The molecule has 1 fully saturated rings. The molecular weight excluding hydrogens is 459 g/mol. The molecule has 3 aromatic rings. The Morgan fingerprint density at radius 1 is 0.882 bits per heavy atom. The number of alkyl halides is 3. The first-order valence-corrected chi connectivity index (χ1v) is 12.4. The number of carbonyl (C=O) groups excluding carboxylic acids is 1. The van der Waals surface area contributed by atoms with Crippen LogP contribution < -0.4 is 10.2 Å². The molecule has 34 heavy (non-hydrogen) atoms. The third kappa shape index (κ3) is 6.39. The lowest BCUT2D eigenvalue weighted by molar-refractivity contribution is -0.137. The van der Waals surface area contributed by atoms with Crippen molar-refractivity contribution < 1.29 is 18.0 Å². The molecular formula is C26H28F3N3OS. The Kier molecular flexibility index (Phi) is 7.90. The Labute approximate surface area is 202 Å². The monoisotopic (exact) mass is 487 g/mol. The van der Waals surface area contributed by atoms with E-state index in [9.17, 15) is 18.0 Å². The maximum atomic E-state index is 12.7. The van der Waals surface area contributed by atoms with Gasteiger partial charge in [0, 0.05) is 44.0 Å². The van der Waals surface area contributed by atoms with Crippen LogP contribution in [0.4, 0.5) is 18.9 Å². The third-order valence-corrected chi connectivity index (χ3v) is 6.80. The van der Waals surface area contributed by atoms with Gasteiger partial charge >= 0.3 is 6.18 Å². The molecule has 4 nitrogen and oxygen atoms in total. The number of nitrogens with zero attached hydrogens (tertiary/aromatic N) is 2. The molecule has 0 atom stereocenters. The van der Waals surface area contributed by atoms with Crippen molar-refractivity contribution in [1.29, 1.82) is 0 Å². The molecule has 1 amide bonds. The van der Waals surface area contributed by atoms with Gasteiger partial charge < -0.3 is 10.2 Å². The molecule has 0 saturated carbocycles. The van der Waals surface area contributed by atoms with Gasteiger partial charge in [-0.15, -0.1) is 0 Å². The second-order valence-corrected chi connectivity index (χ2v) is 9.21. The largest absolute Gasteiger partial charge is 0.416 e. The molecule has 4 rings (SSSR count). The van der Waals surface area contributed by atoms with E-state index in [2.05, 4.69) is 26.6 Å². The van der Waals surface area contributed by atoms with Gasteiger partial charge in [-0.3, -0.25) is 9.69 Å². The summed E-state index contributed by atoms with van der Waals surface area (Å²) in [6.45, 7) is 4.93. The molecule has 0 unspecified atom stereocenters. The van der Waals surface area contributed by atoms with Crippen LogP contribution in [0.2, 0.25) is 0 Å². The zero-order valence-electron chi connectivity index (χ0n) is 18.9. The quantitative estimate of drug-likeness (QED) is 0.410. The standard InChI is InChI=1S/C26H28F3N3OS/c27-26(28,29)23-7-9-24(10-8-23)32-16-14-31(15-17-32)13-2-1-12-30-25(33)21-5-3-20(4-6-21)22-11-18-34-19-22/h3-11,18-19H,1-2,12-17H2,(H,30,33). The zero-order chi connectivity index (χ0) is 24.0. The smallest absolute Gasteiger partial charge is 0.369 e. The lowest BCUT2D eigenvalue weighted by Gasteiger charge is -2.36. The van der Waals surface area contributed by atoms with Gasteiger partial charge in [0.2, 0.25) is 0 Å². The van der Waals surface area contributed by atoms with E-state index in [0.29, 0.717) is 12.1 Å². The van der Waals surface area contributed by atoms with E-state index >= 15 is 0 Å². The minimum Gasteiger partial charge on any atom is -0.369 e. The third-order valence-electron chi connectivity index (χ3n) is 6.12. The fourth-order valence-corrected chi connectivity index (χ4v) is 4.76. The number of benzene rings is 2. The van der Waals surface area contributed by atoms with E-state index in [1.54, 1.807) is 23.5 Å². The Morgan fingerprint density at radius 2 is 1.59 bits per heavy atom. The molecule has 0 bridgehead atoms. The van der Waals surface area contributed by atoms with Crippen LogP contribution in [-0.2, 0) is 6.18 Å². The molecule has 1 aliphatic heterocycles. The summed E-state index contributed by atoms with van der Waals surface area (Å²) in [5.74, 6) is -0.0537. The van der Waals surface area contributed by atoms with Crippen molar-refractivity contribution in [3.8, 4) is 11.1 Å². The van der Waals surface area contributed by atoms with Crippen LogP contribution in [0.3, 0.4) is 0 Å². The Morgan fingerprint density at radius 3 is 2.21 bits per heavy atom. The van der Waals surface area contributed by atoms with Crippen molar-refractivity contribution in [2.24, 2.45) is 0 Å². The Hall–Kier alpha value is -2.84. The molecule has 1 aliphatic rings. The number of hydrogen-bond donors (Lipinski definition) is 1. The van der Waals surface area contributed by atoms with Gasteiger partial charge in [-0.1, -0.05) is 12.1 Å². The number of carbonyl (C=O) groups is 1. The van der Waals surface area contributed by atoms with E-state index < -0.39 is 11.7 Å². The number of anilines is 1. The number of piperazine rings is 1. The molecule has 0 aliphatic carbocycles. The predicted octanol–water partition coefficient (Wildman–Crippen LogP) is 5.77. The van der Waals surface area contributed by atoms with E-state index in [1.807, 2.05) is 29.6 Å². The van der Waals surface area contributed by atoms with Crippen molar-refractivity contribution in [3.63, 3.8) is 0 Å². The summed E-state index contributed by atoms with van der Waals surface area (Å²) in [6, 6.07) is 15.1. The number of amides is 1. The van der Waals surface area contributed by atoms with Crippen LogP contribution in [0, 0.1) is 0 Å². The molecule has 0 radical (unpaired) electrons. The van der Waals surface area contributed by atoms with Crippen LogP contribution in [0.15, 0.2) is 65.4 Å². The highest BCUT2D eigenvalue weighted by Crippen LogP contribution is 2.30. The number of nitrogens with one attached hydrogen (secondary N) is 1. The minimum absolute atomic E-state index is 0.0537. The van der Waals surface area contributed by atoms with Crippen molar-refractivity contribution in [3.05, 3.63) is 76.5 Å². The van der Waals surface area contributed by atoms with Gasteiger partial charge in [0.05, 0.1) is 5.56 Å². The summed E-state index contributed by atoms with van der Waals surface area (Å²) < 4.78 is 38.2. The first kappa shape index (κ1) is 24.3. The summed E-state index contributed by atoms with van der Waals surface area (Å²) in [7, 11) is 0. The first-order valence-electron chi connectivity index (χ1n) is 11.5. The molecule has 0 spiro atoms. The maximum Gasteiger partial charge on any atom is 0.416 e. The summed E-state index contributed by atoms with van der Waals surface area (Å²) in [5.41, 5.74) is 3.16. The number of hydrogen-bond acceptors (Lipinski definition) is 4. The molecule has 1 N–H and O–H groups in total. The molecule has 8 heteroatoms. The van der Waals surface area contributed by atoms with E-state index in [1.165, 1.54) is 0 Å². The average molecular weight is 488 g/mol. The average Bonchev–Trinajstić information content (AvgIpc) is 3.39. The van der Waals surface area contributed by atoms with Crippen LogP contribution in [-0.4, -0.2) is 50.1 Å². The molecule has 2 aromatic carbocycles. The second-order valence-electron chi connectivity index (χ2n) is 8.43. The van der Waals surface area contributed by atoms with Gasteiger partial charge in [0.25, 0.3) is 5.91 Å². The number of unbranched alkanes of at least 4 members (excludes halogenated alkanes) is 1. The number of halogens is 3. The lowest BCUT2D eigenvalue weighted by atomic mass is 10.1. The molecule has 1 aromatic heterocycles. The van der Waals surface area contributed by atoms with Crippen molar-refractivity contribution in [2.75, 3.05) is 44.2 Å². The van der Waals surface area contributed by atoms with Gasteiger partial charge in [-0.25, -0.2) is 0 Å². The SMILES string of the molecule is O=C(NCCCCN1CCN(c2ccc(C(F)(F)F)cc2)CC1)c1ccc(-c2ccsc2)cc1. The Balaban J connectivity index is 1.12.